The molecule has 1 aromatic rings. The first kappa shape index (κ1) is 12.1. The van der Waals surface area contributed by atoms with Gasteiger partial charge in [-0.15, -0.1) is 0 Å². The fourth-order valence-corrected chi connectivity index (χ4v) is 2.41. The van der Waals surface area contributed by atoms with Gasteiger partial charge in [-0.25, -0.2) is 0 Å². The summed E-state index contributed by atoms with van der Waals surface area (Å²) in [6.45, 7) is 3.13. The number of hydrogen-bond acceptors (Lipinski definition) is 2. The van der Waals surface area contributed by atoms with E-state index in [1.807, 2.05) is 37.4 Å². The number of para-hydroxylation sites is 1. The van der Waals surface area contributed by atoms with E-state index in [-0.39, 0.29) is 17.9 Å². The second-order valence-corrected chi connectivity index (χ2v) is 4.72. The number of carbonyl (C=O) groups is 1. The quantitative estimate of drug-likeness (QED) is 0.846. The predicted octanol–water partition coefficient (Wildman–Crippen LogP) is 2.04. The van der Waals surface area contributed by atoms with E-state index in [1.165, 1.54) is 0 Å². The fourth-order valence-electron chi connectivity index (χ4n) is 2.41. The highest BCUT2D eigenvalue weighted by Crippen LogP contribution is 2.21. The Bertz CT molecular complexity index is 377. The smallest absolute Gasteiger partial charge is 0.231 e. The lowest BCUT2D eigenvalue weighted by Gasteiger charge is -2.32. The third-order valence-electron chi connectivity index (χ3n) is 3.55. The number of carbonyl (C=O) groups excluding carboxylic acids is 1. The summed E-state index contributed by atoms with van der Waals surface area (Å²) in [4.78, 5) is 14.2. The van der Waals surface area contributed by atoms with Crippen LogP contribution in [0.4, 0.5) is 5.69 Å². The standard InChI is InChI=1S/C14H20N2O/c1-11-13(9-6-10-15-11)14(17)16(2)12-7-4-3-5-8-12/h3-5,7-8,11,13,15H,6,9-10H2,1-2H3. The number of nitrogens with one attached hydrogen (secondary N) is 1. The molecule has 1 fully saturated rings. The average molecular weight is 232 g/mol. The highest BCUT2D eigenvalue weighted by molar-refractivity contribution is 5.94. The number of nitrogens with zero attached hydrogens (tertiary/aromatic N) is 1. The number of benzene rings is 1. The van der Waals surface area contributed by atoms with Gasteiger partial charge in [-0.05, 0) is 38.4 Å². The molecule has 0 spiro atoms. The van der Waals surface area contributed by atoms with Crippen molar-refractivity contribution in [3.63, 3.8) is 0 Å². The molecule has 0 saturated carbocycles. The van der Waals surface area contributed by atoms with Crippen molar-refractivity contribution in [1.29, 1.82) is 0 Å². The van der Waals surface area contributed by atoms with Crippen LogP contribution in [0.15, 0.2) is 30.3 Å². The molecule has 1 aliphatic rings. The molecule has 2 unspecified atom stereocenters. The molecule has 0 aliphatic carbocycles. The second kappa shape index (κ2) is 5.32. The van der Waals surface area contributed by atoms with Crippen LogP contribution in [0.25, 0.3) is 0 Å². The van der Waals surface area contributed by atoms with Crippen LogP contribution in [0.2, 0.25) is 0 Å². The number of rotatable bonds is 2. The zero-order valence-corrected chi connectivity index (χ0v) is 10.5. The van der Waals surface area contributed by atoms with Gasteiger partial charge in [0.25, 0.3) is 0 Å². The highest BCUT2D eigenvalue weighted by atomic mass is 16.2. The topological polar surface area (TPSA) is 32.3 Å². The van der Waals surface area contributed by atoms with Crippen molar-refractivity contribution in [2.75, 3.05) is 18.5 Å². The molecule has 3 heteroatoms. The molecule has 2 rings (SSSR count). The lowest BCUT2D eigenvalue weighted by atomic mass is 9.90. The number of amides is 1. The van der Waals surface area contributed by atoms with Gasteiger partial charge in [0.2, 0.25) is 5.91 Å². The Balaban J connectivity index is 2.09. The Morgan fingerprint density at radius 2 is 2.06 bits per heavy atom. The normalized spacial score (nSPS) is 24.4. The number of piperidine rings is 1. The third-order valence-corrected chi connectivity index (χ3v) is 3.55. The zero-order chi connectivity index (χ0) is 12.3. The summed E-state index contributed by atoms with van der Waals surface area (Å²) in [5.74, 6) is 0.324. The SMILES string of the molecule is CC1NCCCC1C(=O)N(C)c1ccccc1. The summed E-state index contributed by atoms with van der Waals surface area (Å²) in [5.41, 5.74) is 0.968. The molecule has 0 aromatic heterocycles. The summed E-state index contributed by atoms with van der Waals surface area (Å²) in [5, 5.41) is 3.37. The molecule has 1 N–H and O–H groups in total. The van der Waals surface area contributed by atoms with Gasteiger partial charge >= 0.3 is 0 Å². The van der Waals surface area contributed by atoms with Gasteiger partial charge in [0, 0.05) is 18.8 Å². The maximum absolute atomic E-state index is 12.4. The molecule has 1 amide bonds. The Morgan fingerprint density at radius 1 is 1.35 bits per heavy atom. The van der Waals surface area contributed by atoms with E-state index in [2.05, 4.69) is 12.2 Å². The fraction of sp³-hybridized carbons (Fsp3) is 0.500. The third kappa shape index (κ3) is 2.67. The van der Waals surface area contributed by atoms with Crippen LogP contribution in [-0.2, 0) is 4.79 Å². The van der Waals surface area contributed by atoms with E-state index in [1.54, 1.807) is 4.90 Å². The summed E-state index contributed by atoms with van der Waals surface area (Å²) >= 11 is 0. The van der Waals surface area contributed by atoms with Gasteiger partial charge in [-0.3, -0.25) is 4.79 Å². The summed E-state index contributed by atoms with van der Waals surface area (Å²) in [6, 6.07) is 10.1. The minimum Gasteiger partial charge on any atom is -0.315 e. The molecular weight excluding hydrogens is 212 g/mol. The molecule has 1 aromatic carbocycles. The van der Waals surface area contributed by atoms with E-state index < -0.39 is 0 Å². The van der Waals surface area contributed by atoms with Crippen molar-refractivity contribution in [2.45, 2.75) is 25.8 Å². The monoisotopic (exact) mass is 232 g/mol. The van der Waals surface area contributed by atoms with E-state index in [0.29, 0.717) is 0 Å². The summed E-state index contributed by atoms with van der Waals surface area (Å²) in [6.07, 6.45) is 2.08. The van der Waals surface area contributed by atoms with Crippen LogP contribution in [0, 0.1) is 5.92 Å². The van der Waals surface area contributed by atoms with Gasteiger partial charge in [0.15, 0.2) is 0 Å². The van der Waals surface area contributed by atoms with Crippen molar-refractivity contribution in [2.24, 2.45) is 5.92 Å². The van der Waals surface area contributed by atoms with Crippen LogP contribution < -0.4 is 10.2 Å². The van der Waals surface area contributed by atoms with E-state index >= 15 is 0 Å². The Kier molecular flexibility index (Phi) is 3.79. The van der Waals surface area contributed by atoms with Crippen molar-refractivity contribution in [3.05, 3.63) is 30.3 Å². The molecule has 1 aliphatic heterocycles. The Labute approximate surface area is 103 Å². The van der Waals surface area contributed by atoms with Crippen LogP contribution in [0.3, 0.4) is 0 Å². The zero-order valence-electron chi connectivity index (χ0n) is 10.5. The van der Waals surface area contributed by atoms with Crippen LogP contribution in [0.1, 0.15) is 19.8 Å². The van der Waals surface area contributed by atoms with Crippen LogP contribution >= 0.6 is 0 Å². The van der Waals surface area contributed by atoms with E-state index in [4.69, 9.17) is 0 Å². The van der Waals surface area contributed by atoms with Gasteiger partial charge in [-0.2, -0.15) is 0 Å². The molecule has 0 radical (unpaired) electrons. The predicted molar refractivity (Wildman–Crippen MR) is 70.0 cm³/mol. The minimum atomic E-state index is 0.106. The first-order chi connectivity index (χ1) is 8.20. The van der Waals surface area contributed by atoms with Gasteiger partial charge < -0.3 is 10.2 Å². The highest BCUT2D eigenvalue weighted by Gasteiger charge is 2.29. The van der Waals surface area contributed by atoms with E-state index in [0.717, 1.165) is 25.1 Å². The lowest BCUT2D eigenvalue weighted by molar-refractivity contribution is -0.123. The maximum Gasteiger partial charge on any atom is 0.231 e. The number of hydrogen-bond donors (Lipinski definition) is 1. The van der Waals surface area contributed by atoms with Gasteiger partial charge in [0.05, 0.1) is 5.92 Å². The first-order valence-corrected chi connectivity index (χ1v) is 6.26. The molecule has 0 bridgehead atoms. The first-order valence-electron chi connectivity index (χ1n) is 6.26. The second-order valence-electron chi connectivity index (χ2n) is 4.72. The van der Waals surface area contributed by atoms with Crippen LogP contribution in [-0.4, -0.2) is 25.5 Å². The Morgan fingerprint density at radius 3 is 2.71 bits per heavy atom. The summed E-state index contributed by atoms with van der Waals surface area (Å²) in [7, 11) is 1.86. The largest absolute Gasteiger partial charge is 0.315 e. The lowest BCUT2D eigenvalue weighted by Crippen LogP contribution is -2.47. The number of anilines is 1. The molecule has 92 valence electrons. The van der Waals surface area contributed by atoms with Crippen LogP contribution in [0.5, 0.6) is 0 Å². The maximum atomic E-state index is 12.4. The summed E-state index contributed by atoms with van der Waals surface area (Å²) < 4.78 is 0. The van der Waals surface area contributed by atoms with Crippen molar-refractivity contribution >= 4 is 11.6 Å². The van der Waals surface area contributed by atoms with Gasteiger partial charge in [-0.1, -0.05) is 18.2 Å². The van der Waals surface area contributed by atoms with Crippen molar-refractivity contribution in [1.82, 2.24) is 5.32 Å². The molecule has 2 atom stereocenters. The minimum absolute atomic E-state index is 0.106. The van der Waals surface area contributed by atoms with E-state index in [9.17, 15) is 4.79 Å². The molecule has 1 heterocycles. The van der Waals surface area contributed by atoms with Crippen molar-refractivity contribution < 1.29 is 4.79 Å². The average Bonchev–Trinajstić information content (AvgIpc) is 2.39. The molecular formula is C14H20N2O. The molecule has 1 saturated heterocycles. The van der Waals surface area contributed by atoms with Gasteiger partial charge in [0.1, 0.15) is 0 Å². The molecule has 17 heavy (non-hydrogen) atoms. The molecule has 3 nitrogen and oxygen atoms in total. The Hall–Kier alpha value is -1.35. The van der Waals surface area contributed by atoms with Crippen molar-refractivity contribution in [3.8, 4) is 0 Å².